The van der Waals surface area contributed by atoms with Gasteiger partial charge in [0.05, 0.1) is 11.6 Å². The second-order valence-corrected chi connectivity index (χ2v) is 6.74. The van der Waals surface area contributed by atoms with Crippen molar-refractivity contribution in [3.63, 3.8) is 0 Å². The molecule has 0 spiro atoms. The van der Waals surface area contributed by atoms with Gasteiger partial charge in [-0.2, -0.15) is 0 Å². The normalized spacial score (nSPS) is 12.2. The number of benzene rings is 2. The first-order valence-electron chi connectivity index (χ1n) is 7.24. The molecule has 0 saturated carbocycles. The van der Waals surface area contributed by atoms with E-state index < -0.39 is 0 Å². The third kappa shape index (κ3) is 4.30. The number of nitrogens with one attached hydrogen (secondary N) is 1. The van der Waals surface area contributed by atoms with E-state index in [2.05, 4.69) is 64.0 Å². The van der Waals surface area contributed by atoms with Crippen molar-refractivity contribution >= 4 is 28.5 Å². The third-order valence-corrected chi connectivity index (χ3v) is 4.60. The van der Waals surface area contributed by atoms with Crippen molar-refractivity contribution in [1.82, 2.24) is 10.2 Å². The molecular formula is C18H21IN2O. The fourth-order valence-electron chi connectivity index (χ4n) is 2.32. The molecule has 1 N–H and O–H groups in total. The molecule has 0 aliphatic rings. The van der Waals surface area contributed by atoms with Crippen molar-refractivity contribution in [3.8, 4) is 0 Å². The molecule has 116 valence electrons. The van der Waals surface area contributed by atoms with Crippen LogP contribution >= 0.6 is 22.6 Å². The van der Waals surface area contributed by atoms with E-state index >= 15 is 0 Å². The van der Waals surface area contributed by atoms with Crippen LogP contribution in [-0.4, -0.2) is 31.4 Å². The molecular weight excluding hydrogens is 387 g/mol. The molecule has 2 aromatic carbocycles. The molecule has 0 aliphatic heterocycles. The standard InChI is InChI=1S/C18H21IN2O/c1-13-8-10-14(11-9-13)17(21(2)3)12-20-18(22)15-6-4-5-7-16(15)19/h4-11,17H,12H2,1-3H3,(H,20,22). The monoisotopic (exact) mass is 408 g/mol. The minimum atomic E-state index is -0.0241. The molecule has 1 atom stereocenters. The number of amides is 1. The minimum absolute atomic E-state index is 0.0241. The van der Waals surface area contributed by atoms with Crippen LogP contribution in [0.3, 0.4) is 0 Å². The molecule has 3 nitrogen and oxygen atoms in total. The number of halogens is 1. The fourth-order valence-corrected chi connectivity index (χ4v) is 2.95. The second kappa shape index (κ2) is 7.74. The summed E-state index contributed by atoms with van der Waals surface area (Å²) in [5.74, 6) is -0.0241. The molecule has 1 amide bonds. The summed E-state index contributed by atoms with van der Waals surface area (Å²) < 4.78 is 0.967. The predicted molar refractivity (Wildman–Crippen MR) is 99.1 cm³/mol. The Kier molecular flexibility index (Phi) is 5.97. The van der Waals surface area contributed by atoms with E-state index in [1.54, 1.807) is 0 Å². The topological polar surface area (TPSA) is 32.3 Å². The first-order valence-corrected chi connectivity index (χ1v) is 8.32. The lowest BCUT2D eigenvalue weighted by molar-refractivity contribution is 0.0941. The van der Waals surface area contributed by atoms with Crippen LogP contribution in [0.15, 0.2) is 48.5 Å². The lowest BCUT2D eigenvalue weighted by atomic mass is 10.0. The molecule has 0 aromatic heterocycles. The number of carbonyl (C=O) groups is 1. The maximum Gasteiger partial charge on any atom is 0.252 e. The summed E-state index contributed by atoms with van der Waals surface area (Å²) in [4.78, 5) is 14.5. The summed E-state index contributed by atoms with van der Waals surface area (Å²) in [6, 6.07) is 16.2. The Morgan fingerprint density at radius 3 is 2.36 bits per heavy atom. The summed E-state index contributed by atoms with van der Waals surface area (Å²) in [7, 11) is 4.06. The third-order valence-electron chi connectivity index (χ3n) is 3.66. The summed E-state index contributed by atoms with van der Waals surface area (Å²) in [6.45, 7) is 2.66. The number of likely N-dealkylation sites (N-methyl/N-ethyl adjacent to an activating group) is 1. The van der Waals surface area contributed by atoms with E-state index in [9.17, 15) is 4.79 Å². The Bertz CT molecular complexity index is 638. The van der Waals surface area contributed by atoms with Crippen molar-refractivity contribution < 1.29 is 4.79 Å². The van der Waals surface area contributed by atoms with Gasteiger partial charge in [-0.05, 0) is 61.3 Å². The summed E-state index contributed by atoms with van der Waals surface area (Å²) in [6.07, 6.45) is 0. The Morgan fingerprint density at radius 2 is 1.77 bits per heavy atom. The lowest BCUT2D eigenvalue weighted by Gasteiger charge is -2.25. The molecule has 0 aliphatic carbocycles. The number of hydrogen-bond acceptors (Lipinski definition) is 2. The van der Waals surface area contributed by atoms with E-state index in [1.165, 1.54) is 11.1 Å². The Labute approximate surface area is 145 Å². The maximum absolute atomic E-state index is 12.3. The molecule has 4 heteroatoms. The van der Waals surface area contributed by atoms with Gasteiger partial charge in [-0.25, -0.2) is 0 Å². The SMILES string of the molecule is Cc1ccc(C(CNC(=O)c2ccccc2I)N(C)C)cc1. The van der Waals surface area contributed by atoms with Gasteiger partial charge in [0.15, 0.2) is 0 Å². The van der Waals surface area contributed by atoms with Gasteiger partial charge >= 0.3 is 0 Å². The average molecular weight is 408 g/mol. The van der Waals surface area contributed by atoms with Gasteiger partial charge in [0.25, 0.3) is 5.91 Å². The van der Waals surface area contributed by atoms with Crippen LogP contribution in [0.5, 0.6) is 0 Å². The van der Waals surface area contributed by atoms with Gasteiger partial charge in [0.1, 0.15) is 0 Å². The lowest BCUT2D eigenvalue weighted by Crippen LogP contribution is -2.34. The molecule has 0 fully saturated rings. The summed E-state index contributed by atoms with van der Waals surface area (Å²) >= 11 is 2.19. The Hall–Kier alpha value is -1.40. The van der Waals surface area contributed by atoms with Gasteiger partial charge in [0, 0.05) is 10.1 Å². The zero-order chi connectivity index (χ0) is 16.1. The quantitative estimate of drug-likeness (QED) is 0.767. The minimum Gasteiger partial charge on any atom is -0.350 e. The van der Waals surface area contributed by atoms with Crippen LogP contribution in [0.2, 0.25) is 0 Å². The predicted octanol–water partition coefficient (Wildman–Crippen LogP) is 3.63. The Balaban J connectivity index is 2.08. The van der Waals surface area contributed by atoms with Crippen LogP contribution in [0.4, 0.5) is 0 Å². The first-order chi connectivity index (χ1) is 10.5. The number of rotatable bonds is 5. The molecule has 1 unspecified atom stereocenters. The van der Waals surface area contributed by atoms with Gasteiger partial charge in [0.2, 0.25) is 0 Å². The van der Waals surface area contributed by atoms with E-state index in [-0.39, 0.29) is 11.9 Å². The average Bonchev–Trinajstić information content (AvgIpc) is 2.49. The molecule has 2 aromatic rings. The van der Waals surface area contributed by atoms with Crippen molar-refractivity contribution in [2.24, 2.45) is 0 Å². The number of hydrogen-bond donors (Lipinski definition) is 1. The van der Waals surface area contributed by atoms with Crippen LogP contribution in [0.25, 0.3) is 0 Å². The largest absolute Gasteiger partial charge is 0.350 e. The van der Waals surface area contributed by atoms with Gasteiger partial charge < -0.3 is 10.2 Å². The van der Waals surface area contributed by atoms with Crippen molar-refractivity contribution in [3.05, 3.63) is 68.8 Å². The fraction of sp³-hybridized carbons (Fsp3) is 0.278. The van der Waals surface area contributed by atoms with Crippen LogP contribution in [0, 0.1) is 10.5 Å². The van der Waals surface area contributed by atoms with Crippen LogP contribution in [0.1, 0.15) is 27.5 Å². The van der Waals surface area contributed by atoms with Crippen LogP contribution < -0.4 is 5.32 Å². The van der Waals surface area contributed by atoms with E-state index in [4.69, 9.17) is 0 Å². The number of carbonyl (C=O) groups excluding carboxylic acids is 1. The molecule has 0 heterocycles. The van der Waals surface area contributed by atoms with E-state index in [0.717, 1.165) is 9.13 Å². The van der Waals surface area contributed by atoms with Crippen molar-refractivity contribution in [2.75, 3.05) is 20.6 Å². The van der Waals surface area contributed by atoms with Crippen LogP contribution in [-0.2, 0) is 0 Å². The number of aryl methyl sites for hydroxylation is 1. The smallest absolute Gasteiger partial charge is 0.252 e. The molecule has 22 heavy (non-hydrogen) atoms. The highest BCUT2D eigenvalue weighted by Crippen LogP contribution is 2.18. The molecule has 0 bridgehead atoms. The molecule has 0 radical (unpaired) electrons. The zero-order valence-corrected chi connectivity index (χ0v) is 15.3. The maximum atomic E-state index is 12.3. The van der Waals surface area contributed by atoms with E-state index in [0.29, 0.717) is 6.54 Å². The number of nitrogens with zero attached hydrogens (tertiary/aromatic N) is 1. The molecule has 2 rings (SSSR count). The van der Waals surface area contributed by atoms with Gasteiger partial charge in [-0.3, -0.25) is 4.79 Å². The van der Waals surface area contributed by atoms with Crippen molar-refractivity contribution in [1.29, 1.82) is 0 Å². The summed E-state index contributed by atoms with van der Waals surface area (Å²) in [5, 5.41) is 3.05. The molecule has 0 saturated heterocycles. The highest BCUT2D eigenvalue weighted by Gasteiger charge is 2.16. The zero-order valence-electron chi connectivity index (χ0n) is 13.1. The van der Waals surface area contributed by atoms with E-state index in [1.807, 2.05) is 38.4 Å². The highest BCUT2D eigenvalue weighted by atomic mass is 127. The van der Waals surface area contributed by atoms with Crippen molar-refractivity contribution in [2.45, 2.75) is 13.0 Å². The highest BCUT2D eigenvalue weighted by molar-refractivity contribution is 14.1. The second-order valence-electron chi connectivity index (χ2n) is 5.58. The summed E-state index contributed by atoms with van der Waals surface area (Å²) in [5.41, 5.74) is 3.17. The Morgan fingerprint density at radius 1 is 1.14 bits per heavy atom. The van der Waals surface area contributed by atoms with Gasteiger partial charge in [-0.1, -0.05) is 42.0 Å². The van der Waals surface area contributed by atoms with Gasteiger partial charge in [-0.15, -0.1) is 0 Å². The first kappa shape index (κ1) is 17.0.